The molecule has 0 saturated heterocycles. The van der Waals surface area contributed by atoms with Crippen LogP contribution in [0.3, 0.4) is 0 Å². The van der Waals surface area contributed by atoms with E-state index in [9.17, 15) is 25.9 Å². The minimum absolute atomic E-state index is 0.0150. The van der Waals surface area contributed by atoms with Crippen LogP contribution in [0.25, 0.3) is 23.3 Å². The lowest BCUT2D eigenvalue weighted by atomic mass is 9.75. The van der Waals surface area contributed by atoms with E-state index in [4.69, 9.17) is 22.5 Å². The molecule has 0 heterocycles. The summed E-state index contributed by atoms with van der Waals surface area (Å²) in [5.74, 6) is 0. The van der Waals surface area contributed by atoms with Crippen LogP contribution in [0, 0.1) is 11.1 Å². The van der Waals surface area contributed by atoms with Crippen molar-refractivity contribution >= 4 is 32.4 Å². The van der Waals surface area contributed by atoms with Crippen molar-refractivity contribution in [2.75, 3.05) is 0 Å². The van der Waals surface area contributed by atoms with Crippen LogP contribution in [0.2, 0.25) is 0 Å². The number of rotatable bonds is 9. The third-order valence-corrected chi connectivity index (χ3v) is 13.1. The Bertz CT molecular complexity index is 2190. The van der Waals surface area contributed by atoms with E-state index in [1.807, 2.05) is 13.8 Å². The molecule has 14 heteroatoms. The summed E-state index contributed by atoms with van der Waals surface area (Å²) in [7, 11) is -9.93. The Morgan fingerprint density at radius 1 is 0.640 bits per heavy atom. The van der Waals surface area contributed by atoms with Gasteiger partial charge in [0.25, 0.3) is 20.2 Å². The molecular formula is C36H36N6O6S2. The fraction of sp³-hybridized carbons (Fsp3) is 0.222. The van der Waals surface area contributed by atoms with Crippen LogP contribution in [0.1, 0.15) is 58.4 Å². The number of nitrogens with two attached hydrogens (primary N) is 2. The number of aryl methyl sites for hydroxylation is 2. The van der Waals surface area contributed by atoms with Crippen molar-refractivity contribution in [3.63, 3.8) is 0 Å². The van der Waals surface area contributed by atoms with E-state index < -0.39 is 41.8 Å². The third kappa shape index (κ3) is 4.93. The molecule has 0 aliphatic heterocycles. The third-order valence-electron chi connectivity index (χ3n) is 10.0. The smallest absolute Gasteiger partial charge is 0.281 e. The summed E-state index contributed by atoms with van der Waals surface area (Å²) in [4.78, 5) is 0. The van der Waals surface area contributed by atoms with Crippen LogP contribution in [-0.4, -0.2) is 38.0 Å². The second-order valence-electron chi connectivity index (χ2n) is 12.4. The standard InChI is InChI=1S/C36H36N6O6S2/c1-3-21-17-25(35(49(43,44)45)29-11-7-5-9-23(29)19-31(41-39)33(35)37)13-15-27(21)28-16-14-26(18-22(28)4-2)36(50(46,47)48)30-12-8-6-10-24(30)20-32(42-40)34(36)38/h5-20,33-34,39-40H,3-4,37-38H2,1-2H3,(H,43,44,45)(H,46,47,48). The Balaban J connectivity index is 1.57. The first-order valence-corrected chi connectivity index (χ1v) is 18.7. The molecule has 12 nitrogen and oxygen atoms in total. The van der Waals surface area contributed by atoms with Gasteiger partial charge in [0, 0.05) is 0 Å². The molecular weight excluding hydrogens is 677 g/mol. The van der Waals surface area contributed by atoms with Gasteiger partial charge in [-0.1, -0.05) is 98.8 Å². The van der Waals surface area contributed by atoms with E-state index in [0.717, 1.165) is 11.1 Å². The molecule has 2 aliphatic carbocycles. The van der Waals surface area contributed by atoms with Crippen molar-refractivity contribution in [3.8, 4) is 11.1 Å². The van der Waals surface area contributed by atoms with Crippen LogP contribution in [0.4, 0.5) is 0 Å². The van der Waals surface area contributed by atoms with Gasteiger partial charge in [0.2, 0.25) is 0 Å². The fourth-order valence-electron chi connectivity index (χ4n) is 7.70. The first-order valence-electron chi connectivity index (χ1n) is 15.8. The van der Waals surface area contributed by atoms with Gasteiger partial charge in [-0.15, -0.1) is 0 Å². The average Bonchev–Trinajstić information content (AvgIpc) is 3.09. The maximum atomic E-state index is 13.5. The molecule has 4 aromatic carbocycles. The van der Waals surface area contributed by atoms with Gasteiger partial charge in [0.1, 0.15) is 0 Å². The minimum Gasteiger partial charge on any atom is -0.321 e. The molecule has 4 atom stereocenters. The summed E-state index contributed by atoms with van der Waals surface area (Å²) in [5, 5.41) is 7.02. The van der Waals surface area contributed by atoms with E-state index in [1.165, 1.54) is 12.2 Å². The predicted molar refractivity (Wildman–Crippen MR) is 190 cm³/mol. The van der Waals surface area contributed by atoms with Crippen LogP contribution in [-0.2, 0) is 42.6 Å². The normalized spacial score (nSPS) is 23.2. The molecule has 6 rings (SSSR count). The highest BCUT2D eigenvalue weighted by Crippen LogP contribution is 2.50. The second-order valence-corrected chi connectivity index (χ2v) is 15.6. The topological polar surface area (TPSA) is 233 Å². The number of fused-ring (bicyclic) bond motifs is 2. The van der Waals surface area contributed by atoms with Gasteiger partial charge in [0.15, 0.2) is 9.49 Å². The molecule has 0 fully saturated rings. The highest BCUT2D eigenvalue weighted by atomic mass is 32.2. The van der Waals surface area contributed by atoms with Gasteiger partial charge in [-0.2, -0.15) is 27.1 Å². The van der Waals surface area contributed by atoms with Gasteiger partial charge in [-0.3, -0.25) is 9.11 Å². The number of nitrogens with zero attached hydrogens (tertiary/aromatic N) is 2. The van der Waals surface area contributed by atoms with Crippen molar-refractivity contribution in [2.24, 2.45) is 21.7 Å². The molecule has 50 heavy (non-hydrogen) atoms. The summed E-state index contributed by atoms with van der Waals surface area (Å²) in [5.41, 5.74) is 33.2. The first-order chi connectivity index (χ1) is 23.7. The van der Waals surface area contributed by atoms with E-state index in [2.05, 4.69) is 10.2 Å². The summed E-state index contributed by atoms with van der Waals surface area (Å²) in [6.07, 6.45) is 3.94. The summed E-state index contributed by atoms with van der Waals surface area (Å²) < 4.78 is 71.5. The Kier molecular flexibility index (Phi) is 8.83. The highest BCUT2D eigenvalue weighted by molar-refractivity contribution is 7.87. The van der Waals surface area contributed by atoms with Crippen molar-refractivity contribution < 1.29 is 25.9 Å². The highest BCUT2D eigenvalue weighted by Gasteiger charge is 2.57. The van der Waals surface area contributed by atoms with Crippen molar-refractivity contribution in [2.45, 2.75) is 48.3 Å². The average molecular weight is 713 g/mol. The molecule has 8 N–H and O–H groups in total. The Morgan fingerprint density at radius 2 is 1.00 bits per heavy atom. The minimum atomic E-state index is -4.96. The Hall–Kier alpha value is -4.70. The van der Waals surface area contributed by atoms with Crippen LogP contribution in [0.5, 0.6) is 0 Å². The van der Waals surface area contributed by atoms with Gasteiger partial charge in [-0.25, -0.2) is 11.1 Å². The fourth-order valence-corrected chi connectivity index (χ4v) is 10.4. The Labute approximate surface area is 290 Å². The number of nitrogens with one attached hydrogen (secondary N) is 2. The molecule has 0 radical (unpaired) electrons. The van der Waals surface area contributed by atoms with Crippen molar-refractivity contribution in [1.29, 1.82) is 11.1 Å². The van der Waals surface area contributed by atoms with E-state index >= 15 is 0 Å². The lowest BCUT2D eigenvalue weighted by Gasteiger charge is -2.41. The molecule has 0 amide bonds. The van der Waals surface area contributed by atoms with Crippen LogP contribution < -0.4 is 11.5 Å². The molecule has 0 bridgehead atoms. The van der Waals surface area contributed by atoms with Gasteiger partial charge >= 0.3 is 0 Å². The Morgan fingerprint density at radius 3 is 1.32 bits per heavy atom. The SMILES string of the molecule is CCc1cc(C2(S(=O)(=O)O)c3ccccc3C=C(N=N)C2N)ccc1-c1ccc(C2(S(=O)(=O)O)c3ccccc3C=C(N=N)C2N)cc1CC. The van der Waals surface area contributed by atoms with Crippen LogP contribution in [0.15, 0.2) is 107 Å². The van der Waals surface area contributed by atoms with Gasteiger partial charge in [0.05, 0.1) is 23.5 Å². The van der Waals surface area contributed by atoms with Gasteiger partial charge in [-0.05, 0) is 80.6 Å². The zero-order chi connectivity index (χ0) is 36.2. The second kappa shape index (κ2) is 12.6. The van der Waals surface area contributed by atoms with Crippen LogP contribution >= 0.6 is 0 Å². The maximum absolute atomic E-state index is 13.5. The molecule has 4 unspecified atom stereocenters. The summed E-state index contributed by atoms with van der Waals surface area (Å²) in [6.45, 7) is 3.79. The van der Waals surface area contributed by atoms with E-state index in [1.54, 1.807) is 84.9 Å². The number of hydrogen-bond donors (Lipinski definition) is 6. The van der Waals surface area contributed by atoms with E-state index in [-0.39, 0.29) is 33.6 Å². The largest absolute Gasteiger partial charge is 0.321 e. The molecule has 4 aromatic rings. The molecule has 0 spiro atoms. The molecule has 258 valence electrons. The summed E-state index contributed by atoms with van der Waals surface area (Å²) in [6, 6.07) is 20.4. The van der Waals surface area contributed by atoms with E-state index in [0.29, 0.717) is 35.1 Å². The molecule has 2 aliphatic rings. The number of benzene rings is 4. The number of hydrogen-bond acceptors (Lipinski definition) is 10. The van der Waals surface area contributed by atoms with Gasteiger partial charge < -0.3 is 11.5 Å². The lowest BCUT2D eigenvalue weighted by Crippen LogP contribution is -2.54. The first kappa shape index (κ1) is 35.1. The maximum Gasteiger partial charge on any atom is 0.281 e. The lowest BCUT2D eigenvalue weighted by molar-refractivity contribution is 0.423. The van der Waals surface area contributed by atoms with Crippen molar-refractivity contribution in [3.05, 3.63) is 141 Å². The zero-order valence-electron chi connectivity index (χ0n) is 27.2. The zero-order valence-corrected chi connectivity index (χ0v) is 28.8. The molecule has 0 aromatic heterocycles. The summed E-state index contributed by atoms with van der Waals surface area (Å²) >= 11 is 0. The molecule has 0 saturated carbocycles. The predicted octanol–water partition coefficient (Wildman–Crippen LogP) is 6.17. The monoisotopic (exact) mass is 712 g/mol. The quantitative estimate of drug-likeness (QED) is 0.0866. The van der Waals surface area contributed by atoms with Crippen molar-refractivity contribution in [1.82, 2.24) is 0 Å².